The van der Waals surface area contributed by atoms with Gasteiger partial charge in [-0.1, -0.05) is 32.1 Å². The van der Waals surface area contributed by atoms with Crippen LogP contribution in [0.2, 0.25) is 0 Å². The van der Waals surface area contributed by atoms with Gasteiger partial charge in [-0.25, -0.2) is 0 Å². The molecule has 148 valence electrons. The maximum absolute atomic E-state index is 11.2. The zero-order chi connectivity index (χ0) is 19.6. The molecule has 0 fully saturated rings. The molecule has 1 aliphatic heterocycles. The van der Waals surface area contributed by atoms with Crippen LogP contribution in [0.5, 0.6) is 5.75 Å². The Hall–Kier alpha value is -1.76. The van der Waals surface area contributed by atoms with E-state index in [0.717, 1.165) is 37.3 Å². The van der Waals surface area contributed by atoms with Crippen LogP contribution in [-0.4, -0.2) is 26.2 Å². The summed E-state index contributed by atoms with van der Waals surface area (Å²) in [5.41, 5.74) is 3.75. The number of carbonyl (C=O) groups excluding carboxylic acids is 1. The molecule has 3 rings (SSSR count). The van der Waals surface area contributed by atoms with Gasteiger partial charge in [-0.15, -0.1) is 0 Å². The number of carbonyl (C=O) groups is 1. The molecule has 0 saturated carbocycles. The first-order valence-corrected chi connectivity index (χ1v) is 10.4. The van der Waals surface area contributed by atoms with Crippen LogP contribution in [0.15, 0.2) is 46.5 Å². The molecule has 0 aromatic heterocycles. The van der Waals surface area contributed by atoms with Gasteiger partial charge in [0.25, 0.3) is 0 Å². The highest BCUT2D eigenvalue weighted by atomic mass is 32.2. The molecule has 1 atom stereocenters. The predicted molar refractivity (Wildman–Crippen MR) is 111 cm³/mol. The number of esters is 1. The van der Waals surface area contributed by atoms with E-state index in [-0.39, 0.29) is 12.0 Å². The molecule has 0 bridgehead atoms. The number of methoxy groups -OCH3 is 1. The monoisotopic (exact) mass is 390 g/mol. The number of benzene rings is 1. The second-order valence-electron chi connectivity index (χ2n) is 6.11. The van der Waals surface area contributed by atoms with E-state index in [1.807, 2.05) is 26.0 Å². The van der Waals surface area contributed by atoms with E-state index in [4.69, 9.17) is 9.47 Å². The van der Waals surface area contributed by atoms with Gasteiger partial charge in [-0.3, -0.25) is 4.79 Å². The molecular weight excluding hydrogens is 360 g/mol. The average Bonchev–Trinajstić information content (AvgIpc) is 2.83. The van der Waals surface area contributed by atoms with Crippen LogP contribution in [0.3, 0.4) is 0 Å². The number of rotatable bonds is 6. The second-order valence-corrected chi connectivity index (χ2v) is 6.95. The first-order valence-electron chi connectivity index (χ1n) is 9.56. The molecule has 1 heterocycles. The summed E-state index contributed by atoms with van der Waals surface area (Å²) in [5.74, 6) is 0.273. The lowest BCUT2D eigenvalue weighted by Crippen LogP contribution is -2.26. The predicted octanol–water partition coefficient (Wildman–Crippen LogP) is 4.52. The van der Waals surface area contributed by atoms with Crippen molar-refractivity contribution in [1.29, 1.82) is 0 Å². The normalized spacial score (nSPS) is 17.7. The minimum absolute atomic E-state index is 0.118. The number of hydrogen-bond donors (Lipinski definition) is 2. The van der Waals surface area contributed by atoms with E-state index < -0.39 is 0 Å². The summed E-state index contributed by atoms with van der Waals surface area (Å²) in [6, 6.07) is 5.96. The molecule has 6 heteroatoms. The topological polar surface area (TPSA) is 59.6 Å². The van der Waals surface area contributed by atoms with Gasteiger partial charge >= 0.3 is 5.97 Å². The number of hydrogen-bond acceptors (Lipinski definition) is 6. The van der Waals surface area contributed by atoms with E-state index in [0.29, 0.717) is 5.75 Å². The van der Waals surface area contributed by atoms with Gasteiger partial charge in [0.2, 0.25) is 0 Å². The Morgan fingerprint density at radius 2 is 2.19 bits per heavy atom. The zero-order valence-electron chi connectivity index (χ0n) is 16.6. The van der Waals surface area contributed by atoms with E-state index in [2.05, 4.69) is 28.3 Å². The van der Waals surface area contributed by atoms with Gasteiger partial charge in [-0.05, 0) is 61.0 Å². The maximum atomic E-state index is 11.2. The van der Waals surface area contributed by atoms with Gasteiger partial charge in [0.1, 0.15) is 5.75 Å². The summed E-state index contributed by atoms with van der Waals surface area (Å²) in [6.07, 6.45) is 7.47. The third kappa shape index (κ3) is 5.86. The highest BCUT2D eigenvalue weighted by Gasteiger charge is 2.26. The molecule has 5 nitrogen and oxygen atoms in total. The minimum atomic E-state index is -0.305. The molecule has 0 radical (unpaired) electrons. The van der Waals surface area contributed by atoms with Crippen LogP contribution >= 0.6 is 11.9 Å². The standard InChI is InChI=1S/C19H24N2O3S.C2H6/c1-13(22)24-14-8-9-16-18(12-14)25-21-17-7-4-3-6-15(17)19(16)20-10-5-11-23-2;1-2/h3,6,8-9,12,19-21H,4-5,7,10-11H2,1-2H3;1-2H3. The van der Waals surface area contributed by atoms with Gasteiger partial charge < -0.3 is 19.5 Å². The first-order chi connectivity index (χ1) is 13.2. The Morgan fingerprint density at radius 1 is 1.37 bits per heavy atom. The minimum Gasteiger partial charge on any atom is -0.427 e. The van der Waals surface area contributed by atoms with Crippen molar-refractivity contribution in [3.8, 4) is 5.75 Å². The number of ether oxygens (including phenoxy) is 2. The van der Waals surface area contributed by atoms with E-state index in [9.17, 15) is 4.79 Å². The fourth-order valence-corrected chi connectivity index (χ4v) is 4.03. The van der Waals surface area contributed by atoms with Gasteiger partial charge in [0.15, 0.2) is 0 Å². The van der Waals surface area contributed by atoms with E-state index in [1.165, 1.54) is 23.8 Å². The lowest BCUT2D eigenvalue weighted by molar-refractivity contribution is -0.131. The van der Waals surface area contributed by atoms with E-state index in [1.54, 1.807) is 19.1 Å². The summed E-state index contributed by atoms with van der Waals surface area (Å²) in [4.78, 5) is 12.3. The quantitative estimate of drug-likeness (QED) is 0.322. The molecule has 2 aliphatic rings. The fraction of sp³-hybridized carbons (Fsp3) is 0.476. The molecule has 1 unspecified atom stereocenters. The third-order valence-electron chi connectivity index (χ3n) is 4.23. The average molecular weight is 391 g/mol. The summed E-state index contributed by atoms with van der Waals surface area (Å²) >= 11 is 1.59. The molecule has 27 heavy (non-hydrogen) atoms. The van der Waals surface area contributed by atoms with Crippen molar-refractivity contribution >= 4 is 17.9 Å². The Bertz CT molecular complexity index is 701. The van der Waals surface area contributed by atoms with Gasteiger partial charge in [0, 0.05) is 31.2 Å². The second kappa shape index (κ2) is 11.2. The van der Waals surface area contributed by atoms with Crippen molar-refractivity contribution in [3.05, 3.63) is 47.2 Å². The highest BCUT2D eigenvalue weighted by molar-refractivity contribution is 7.97. The molecule has 0 spiro atoms. The molecule has 0 amide bonds. The Labute approximate surface area is 166 Å². The van der Waals surface area contributed by atoms with Gasteiger partial charge in [-0.2, -0.15) is 0 Å². The Kier molecular flexibility index (Phi) is 8.91. The third-order valence-corrected chi connectivity index (χ3v) is 5.16. The van der Waals surface area contributed by atoms with Crippen molar-refractivity contribution in [2.75, 3.05) is 20.3 Å². The van der Waals surface area contributed by atoms with Crippen LogP contribution in [0.1, 0.15) is 51.6 Å². The molecule has 0 saturated heterocycles. The number of nitrogens with one attached hydrogen (secondary N) is 2. The van der Waals surface area contributed by atoms with Crippen LogP contribution in [0.25, 0.3) is 0 Å². The summed E-state index contributed by atoms with van der Waals surface area (Å²) in [6.45, 7) is 7.04. The summed E-state index contributed by atoms with van der Waals surface area (Å²) in [7, 11) is 1.72. The van der Waals surface area contributed by atoms with Gasteiger partial charge in [0.05, 0.1) is 6.04 Å². The Morgan fingerprint density at radius 3 is 2.93 bits per heavy atom. The van der Waals surface area contributed by atoms with Crippen molar-refractivity contribution in [2.24, 2.45) is 0 Å². The summed E-state index contributed by atoms with van der Waals surface area (Å²) < 4.78 is 13.9. The maximum Gasteiger partial charge on any atom is 0.308 e. The number of fused-ring (bicyclic) bond motifs is 1. The number of allylic oxidation sites excluding steroid dienone is 2. The van der Waals surface area contributed by atoms with Crippen LogP contribution < -0.4 is 14.8 Å². The molecule has 1 aromatic rings. The fourth-order valence-electron chi connectivity index (χ4n) is 3.10. The van der Waals surface area contributed by atoms with Crippen molar-refractivity contribution in [3.63, 3.8) is 0 Å². The largest absolute Gasteiger partial charge is 0.427 e. The smallest absolute Gasteiger partial charge is 0.308 e. The van der Waals surface area contributed by atoms with Crippen molar-refractivity contribution in [1.82, 2.24) is 10.0 Å². The summed E-state index contributed by atoms with van der Waals surface area (Å²) in [5, 5.41) is 3.66. The zero-order valence-corrected chi connectivity index (χ0v) is 17.4. The van der Waals surface area contributed by atoms with Crippen LogP contribution in [0.4, 0.5) is 0 Å². The lowest BCUT2D eigenvalue weighted by atomic mass is 9.92. The Balaban J connectivity index is 0.00000126. The molecular formula is C21H30N2O3S. The van der Waals surface area contributed by atoms with Crippen molar-refractivity contribution < 1.29 is 14.3 Å². The molecule has 2 N–H and O–H groups in total. The molecule has 1 aromatic carbocycles. The van der Waals surface area contributed by atoms with E-state index >= 15 is 0 Å². The molecule has 1 aliphatic carbocycles. The van der Waals surface area contributed by atoms with Crippen molar-refractivity contribution in [2.45, 2.75) is 51.0 Å². The SMILES string of the molecule is CC.COCCCNC1C2=C(CCC=C2)NSc2cc(OC(C)=O)ccc21. The van der Waals surface area contributed by atoms with Crippen LogP contribution in [-0.2, 0) is 9.53 Å². The first kappa shape index (κ1) is 21.5. The lowest BCUT2D eigenvalue weighted by Gasteiger charge is -2.24. The highest BCUT2D eigenvalue weighted by Crippen LogP contribution is 2.40. The van der Waals surface area contributed by atoms with Crippen LogP contribution in [0, 0.1) is 0 Å².